The number of likely N-dealkylation sites (tertiary alicyclic amines) is 1. The van der Waals surface area contributed by atoms with Gasteiger partial charge in [0.15, 0.2) is 6.61 Å². The summed E-state index contributed by atoms with van der Waals surface area (Å²) in [7, 11) is 0. The maximum absolute atomic E-state index is 13.3. The molecule has 0 spiro atoms. The van der Waals surface area contributed by atoms with Crippen molar-refractivity contribution in [2.75, 3.05) is 13.2 Å². The summed E-state index contributed by atoms with van der Waals surface area (Å²) in [4.78, 5) is 26.3. The Hall–Kier alpha value is -1.79. The first kappa shape index (κ1) is 20.1. The Balaban J connectivity index is 1.25. The molecule has 6 nitrogen and oxygen atoms in total. The molecule has 3 N–H and O–H groups in total. The van der Waals surface area contributed by atoms with Crippen LogP contribution in [0.5, 0.6) is 5.75 Å². The van der Waals surface area contributed by atoms with E-state index in [1.165, 1.54) is 0 Å². The maximum Gasteiger partial charge on any atom is 0.255 e. The van der Waals surface area contributed by atoms with Crippen molar-refractivity contribution in [1.29, 1.82) is 0 Å². The highest BCUT2D eigenvalue weighted by molar-refractivity contribution is 6.31. The Labute approximate surface area is 181 Å². The molecule has 4 aliphatic carbocycles. The van der Waals surface area contributed by atoms with Gasteiger partial charge < -0.3 is 20.5 Å². The zero-order valence-electron chi connectivity index (χ0n) is 17.1. The van der Waals surface area contributed by atoms with Gasteiger partial charge in [-0.1, -0.05) is 17.7 Å². The number of aliphatic hydroxyl groups is 1. The Morgan fingerprint density at radius 1 is 1.27 bits per heavy atom. The molecule has 0 aromatic heterocycles. The number of nitrogens with zero attached hydrogens (tertiary/aromatic N) is 1. The number of ether oxygens (including phenoxy) is 1. The molecule has 30 heavy (non-hydrogen) atoms. The van der Waals surface area contributed by atoms with Crippen LogP contribution >= 0.6 is 11.6 Å². The highest BCUT2D eigenvalue weighted by Gasteiger charge is 2.57. The number of rotatable bonds is 6. The molecule has 4 saturated carbocycles. The van der Waals surface area contributed by atoms with Crippen LogP contribution in [-0.4, -0.2) is 46.6 Å². The molecule has 1 aromatic carbocycles. The Morgan fingerprint density at radius 2 is 2.00 bits per heavy atom. The number of benzene rings is 1. The van der Waals surface area contributed by atoms with E-state index in [1.807, 2.05) is 6.07 Å². The van der Waals surface area contributed by atoms with Crippen LogP contribution in [0.1, 0.15) is 44.1 Å². The number of nitrogens with two attached hydrogens (primary N) is 1. The summed E-state index contributed by atoms with van der Waals surface area (Å²) in [6, 6.07) is 5.61. The van der Waals surface area contributed by atoms with E-state index in [2.05, 4.69) is 4.90 Å². The van der Waals surface area contributed by atoms with E-state index in [0.29, 0.717) is 41.0 Å². The molecular weight excluding hydrogens is 404 g/mol. The van der Waals surface area contributed by atoms with Gasteiger partial charge in [0.2, 0.25) is 5.91 Å². The third-order valence-electron chi connectivity index (χ3n) is 7.77. The van der Waals surface area contributed by atoms with Crippen molar-refractivity contribution in [3.63, 3.8) is 0 Å². The third kappa shape index (κ3) is 3.58. The number of carbonyl (C=O) groups is 2. The fourth-order valence-electron chi connectivity index (χ4n) is 6.92. The van der Waals surface area contributed by atoms with Crippen LogP contribution in [0.2, 0.25) is 5.02 Å². The molecule has 6 rings (SSSR count). The minimum absolute atomic E-state index is 0.0554. The molecule has 5 fully saturated rings. The van der Waals surface area contributed by atoms with Gasteiger partial charge in [-0.15, -0.1) is 0 Å². The van der Waals surface area contributed by atoms with Crippen molar-refractivity contribution in [3.05, 3.63) is 28.8 Å². The standard InChI is InChI=1S/C23H29ClN2O4/c24-19-8-18(30-12-20(25)27)2-1-14(19)7-15-3-4-26(22(15)28)21-16-5-13-6-17(21)11-23(29,9-13)10-16/h1-2,8,13,15-17,21,29H,3-7,9-12H2,(H2,25,27). The Bertz CT molecular complexity index is 859. The fourth-order valence-corrected chi connectivity index (χ4v) is 7.16. The van der Waals surface area contributed by atoms with Gasteiger partial charge in [-0.2, -0.15) is 0 Å². The monoisotopic (exact) mass is 432 g/mol. The molecule has 5 aliphatic rings. The van der Waals surface area contributed by atoms with Gasteiger partial charge in [-0.3, -0.25) is 9.59 Å². The lowest BCUT2D eigenvalue weighted by Gasteiger charge is -2.59. The second-order valence-electron chi connectivity index (χ2n) is 9.91. The van der Waals surface area contributed by atoms with Crippen molar-refractivity contribution in [2.45, 2.75) is 56.6 Å². The third-order valence-corrected chi connectivity index (χ3v) is 8.13. The molecule has 3 unspecified atom stereocenters. The summed E-state index contributed by atoms with van der Waals surface area (Å²) < 4.78 is 5.30. The highest BCUT2D eigenvalue weighted by Crippen LogP contribution is 2.57. The van der Waals surface area contributed by atoms with Crippen LogP contribution in [0.15, 0.2) is 18.2 Å². The summed E-state index contributed by atoms with van der Waals surface area (Å²) in [5.74, 6) is 1.69. The van der Waals surface area contributed by atoms with E-state index < -0.39 is 11.5 Å². The summed E-state index contributed by atoms with van der Waals surface area (Å²) in [5.41, 5.74) is 5.55. The highest BCUT2D eigenvalue weighted by atomic mass is 35.5. The maximum atomic E-state index is 13.3. The SMILES string of the molecule is NC(=O)COc1ccc(CC2CCN(C3C4CC5CC3CC(O)(C5)C4)C2=O)c(Cl)c1. The summed E-state index contributed by atoms with van der Waals surface area (Å²) in [5, 5.41) is 11.4. The molecule has 1 aromatic rings. The average molecular weight is 433 g/mol. The van der Waals surface area contributed by atoms with Crippen molar-refractivity contribution in [2.24, 2.45) is 29.4 Å². The lowest BCUT2D eigenvalue weighted by molar-refractivity contribution is -0.168. The molecule has 4 bridgehead atoms. The van der Waals surface area contributed by atoms with E-state index in [-0.39, 0.29) is 18.4 Å². The lowest BCUT2D eigenvalue weighted by atomic mass is 9.52. The van der Waals surface area contributed by atoms with E-state index in [4.69, 9.17) is 22.1 Å². The molecular formula is C23H29ClN2O4. The van der Waals surface area contributed by atoms with Gasteiger partial charge >= 0.3 is 0 Å². The molecule has 162 valence electrons. The quantitative estimate of drug-likeness (QED) is 0.722. The molecule has 2 amide bonds. The van der Waals surface area contributed by atoms with Crippen LogP contribution < -0.4 is 10.5 Å². The zero-order chi connectivity index (χ0) is 21.0. The van der Waals surface area contributed by atoms with Crippen molar-refractivity contribution < 1.29 is 19.4 Å². The molecule has 1 heterocycles. The summed E-state index contributed by atoms with van der Waals surface area (Å²) >= 11 is 6.42. The van der Waals surface area contributed by atoms with Crippen LogP contribution in [0, 0.1) is 23.7 Å². The predicted octanol–water partition coefficient (Wildman–Crippen LogP) is 2.53. The van der Waals surface area contributed by atoms with E-state index in [1.54, 1.807) is 12.1 Å². The normalized spacial score (nSPS) is 37.1. The van der Waals surface area contributed by atoms with Crippen LogP contribution in [0.25, 0.3) is 0 Å². The first-order chi connectivity index (χ1) is 14.3. The van der Waals surface area contributed by atoms with Crippen LogP contribution in [-0.2, 0) is 16.0 Å². The average Bonchev–Trinajstić information content (AvgIpc) is 3.01. The second kappa shape index (κ2) is 7.41. The Kier molecular flexibility index (Phi) is 4.98. The van der Waals surface area contributed by atoms with Crippen LogP contribution in [0.4, 0.5) is 0 Å². The smallest absolute Gasteiger partial charge is 0.255 e. The molecule has 1 saturated heterocycles. The van der Waals surface area contributed by atoms with Gasteiger partial charge in [0.05, 0.1) is 5.60 Å². The van der Waals surface area contributed by atoms with Gasteiger partial charge in [0, 0.05) is 23.5 Å². The lowest BCUT2D eigenvalue weighted by Crippen LogP contribution is -2.62. The van der Waals surface area contributed by atoms with Gasteiger partial charge in [0.25, 0.3) is 5.91 Å². The van der Waals surface area contributed by atoms with E-state index >= 15 is 0 Å². The molecule has 3 atom stereocenters. The Morgan fingerprint density at radius 3 is 2.63 bits per heavy atom. The minimum Gasteiger partial charge on any atom is -0.484 e. The summed E-state index contributed by atoms with van der Waals surface area (Å²) in [6.07, 6.45) is 6.46. The van der Waals surface area contributed by atoms with Crippen molar-refractivity contribution >= 4 is 23.4 Å². The minimum atomic E-state index is -0.538. The number of amides is 2. The largest absolute Gasteiger partial charge is 0.484 e. The first-order valence-corrected chi connectivity index (χ1v) is 11.4. The summed E-state index contributed by atoms with van der Waals surface area (Å²) in [6.45, 7) is 0.618. The van der Waals surface area contributed by atoms with E-state index in [9.17, 15) is 14.7 Å². The van der Waals surface area contributed by atoms with Gasteiger partial charge in [-0.25, -0.2) is 0 Å². The second-order valence-corrected chi connectivity index (χ2v) is 10.3. The predicted molar refractivity (Wildman–Crippen MR) is 112 cm³/mol. The fraction of sp³-hybridized carbons (Fsp3) is 0.652. The van der Waals surface area contributed by atoms with Crippen LogP contribution in [0.3, 0.4) is 0 Å². The number of carbonyl (C=O) groups excluding carboxylic acids is 2. The number of halogens is 1. The van der Waals surface area contributed by atoms with E-state index in [0.717, 1.165) is 50.6 Å². The molecule has 1 aliphatic heterocycles. The van der Waals surface area contributed by atoms with Gasteiger partial charge in [0.1, 0.15) is 5.75 Å². The number of hydrogen-bond donors (Lipinski definition) is 2. The molecule has 7 heteroatoms. The topological polar surface area (TPSA) is 92.9 Å². The number of hydrogen-bond acceptors (Lipinski definition) is 4. The van der Waals surface area contributed by atoms with Crippen molar-refractivity contribution in [1.82, 2.24) is 4.90 Å². The van der Waals surface area contributed by atoms with Gasteiger partial charge in [-0.05, 0) is 80.4 Å². The van der Waals surface area contributed by atoms with Crippen molar-refractivity contribution in [3.8, 4) is 5.75 Å². The number of primary amides is 1. The molecule has 0 radical (unpaired) electrons. The first-order valence-electron chi connectivity index (χ1n) is 11.0. The zero-order valence-corrected chi connectivity index (χ0v) is 17.8.